The third-order valence-electron chi connectivity index (χ3n) is 8.10. The molecule has 0 spiro atoms. The number of carbonyl (C=O) groups excluding carboxylic acids is 4. The molecule has 0 radical (unpaired) electrons. The van der Waals surface area contributed by atoms with Gasteiger partial charge in [-0.2, -0.15) is 0 Å². The number of benzene rings is 3. The molecule has 4 atom stereocenters. The van der Waals surface area contributed by atoms with Gasteiger partial charge in [0.05, 0.1) is 25.2 Å². The van der Waals surface area contributed by atoms with Gasteiger partial charge in [0.1, 0.15) is 18.7 Å². The Kier molecular flexibility index (Phi) is 14.3. The summed E-state index contributed by atoms with van der Waals surface area (Å²) in [7, 11) is 0. The van der Waals surface area contributed by atoms with Crippen molar-refractivity contribution in [3.05, 3.63) is 114 Å². The van der Waals surface area contributed by atoms with Crippen molar-refractivity contribution in [2.24, 2.45) is 5.92 Å². The van der Waals surface area contributed by atoms with E-state index in [0.717, 1.165) is 21.9 Å². The molecule has 0 saturated heterocycles. The van der Waals surface area contributed by atoms with Crippen LogP contribution in [0.15, 0.2) is 97.2 Å². The van der Waals surface area contributed by atoms with Crippen LogP contribution in [0.25, 0.3) is 10.8 Å². The number of alkyl carbamates (subject to hydrolysis) is 1. The summed E-state index contributed by atoms with van der Waals surface area (Å²) in [6.07, 6.45) is -0.212. The summed E-state index contributed by atoms with van der Waals surface area (Å²) in [6, 6.07) is 24.8. The summed E-state index contributed by atoms with van der Waals surface area (Å²) in [5, 5.41) is 21.3. The molecule has 0 bridgehead atoms. The lowest BCUT2D eigenvalue weighted by atomic mass is 9.96. The molecule has 1 aromatic heterocycles. The molecule has 4 aromatic rings. The van der Waals surface area contributed by atoms with Gasteiger partial charge in [0, 0.05) is 24.7 Å². The molecule has 4 N–H and O–H groups in total. The molecule has 50 heavy (non-hydrogen) atoms. The molecular formula is C39H46N4O7. The highest BCUT2D eigenvalue weighted by Crippen LogP contribution is 2.20. The van der Waals surface area contributed by atoms with Crippen molar-refractivity contribution in [1.82, 2.24) is 20.9 Å². The molecule has 4 rings (SSSR count). The first-order valence-corrected chi connectivity index (χ1v) is 16.9. The number of aliphatic hydroxyl groups excluding tert-OH is 1. The summed E-state index contributed by atoms with van der Waals surface area (Å²) in [5.41, 5.74) is 2.14. The zero-order valence-electron chi connectivity index (χ0n) is 28.7. The number of pyridine rings is 1. The number of rotatable bonds is 17. The standard InChI is InChI=1S/C39H46N4O7/c1-4-49-36(45)24-35(44)32(21-26(2)3)41-38(47)34(23-30-18-10-11-20-40-30)42-37(46)33(43-39(48)50-25-27-13-6-5-7-14-27)22-29-17-12-16-28-15-8-9-19-31(28)29/h5-20,26,32-35,44H,4,21-25H2,1-3H3,(H,41,47)(H,42,46)(H,43,48)/t32?,33-,34-,35?/m0/s1. The maximum absolute atomic E-state index is 14.1. The second-order valence-corrected chi connectivity index (χ2v) is 12.5. The minimum atomic E-state index is -1.22. The van der Waals surface area contributed by atoms with Crippen LogP contribution in [0.1, 0.15) is 50.4 Å². The van der Waals surface area contributed by atoms with Crippen LogP contribution in [0.2, 0.25) is 0 Å². The van der Waals surface area contributed by atoms with Gasteiger partial charge in [-0.1, -0.05) is 92.7 Å². The van der Waals surface area contributed by atoms with Crippen LogP contribution in [0.3, 0.4) is 0 Å². The quantitative estimate of drug-likeness (QED) is 0.117. The van der Waals surface area contributed by atoms with Crippen LogP contribution in [0, 0.1) is 5.92 Å². The lowest BCUT2D eigenvalue weighted by Crippen LogP contribution is -2.57. The van der Waals surface area contributed by atoms with Crippen LogP contribution < -0.4 is 16.0 Å². The first-order valence-electron chi connectivity index (χ1n) is 16.9. The van der Waals surface area contributed by atoms with E-state index in [1.165, 1.54) is 0 Å². The number of aliphatic hydroxyl groups is 1. The summed E-state index contributed by atoms with van der Waals surface area (Å²) < 4.78 is 10.5. The fraction of sp³-hybridized carbons (Fsp3) is 0.359. The minimum Gasteiger partial charge on any atom is -0.466 e. The van der Waals surface area contributed by atoms with E-state index in [1.807, 2.05) is 86.6 Å². The largest absolute Gasteiger partial charge is 0.466 e. The van der Waals surface area contributed by atoms with Gasteiger partial charge in [-0.3, -0.25) is 19.4 Å². The summed E-state index contributed by atoms with van der Waals surface area (Å²) in [6.45, 7) is 5.71. The number of nitrogens with one attached hydrogen (secondary N) is 3. The summed E-state index contributed by atoms with van der Waals surface area (Å²) >= 11 is 0. The van der Waals surface area contributed by atoms with Crippen molar-refractivity contribution in [2.45, 2.75) is 77.3 Å². The highest BCUT2D eigenvalue weighted by atomic mass is 16.5. The molecule has 3 aromatic carbocycles. The Morgan fingerprint density at radius 3 is 2.16 bits per heavy atom. The van der Waals surface area contributed by atoms with Crippen molar-refractivity contribution in [2.75, 3.05) is 6.61 Å². The Labute approximate surface area is 292 Å². The minimum absolute atomic E-state index is 0.00531. The zero-order valence-corrected chi connectivity index (χ0v) is 28.7. The first-order chi connectivity index (χ1) is 24.1. The van der Waals surface area contributed by atoms with Gasteiger partial charge in [0.25, 0.3) is 0 Å². The second-order valence-electron chi connectivity index (χ2n) is 12.5. The average molecular weight is 683 g/mol. The number of carbonyl (C=O) groups is 4. The number of amides is 3. The predicted octanol–water partition coefficient (Wildman–Crippen LogP) is 4.64. The molecule has 11 heteroatoms. The Morgan fingerprint density at radius 1 is 0.760 bits per heavy atom. The van der Waals surface area contributed by atoms with E-state index in [-0.39, 0.29) is 38.4 Å². The van der Waals surface area contributed by atoms with Gasteiger partial charge in [0.2, 0.25) is 11.8 Å². The van der Waals surface area contributed by atoms with Crippen LogP contribution in [0.4, 0.5) is 4.79 Å². The summed E-state index contributed by atoms with van der Waals surface area (Å²) in [5.74, 6) is -1.70. The van der Waals surface area contributed by atoms with Crippen LogP contribution >= 0.6 is 0 Å². The number of hydrogen-bond acceptors (Lipinski definition) is 8. The summed E-state index contributed by atoms with van der Waals surface area (Å²) in [4.78, 5) is 57.7. The molecule has 0 aliphatic rings. The Bertz CT molecular complexity index is 1700. The van der Waals surface area contributed by atoms with E-state index in [0.29, 0.717) is 12.1 Å². The lowest BCUT2D eigenvalue weighted by molar-refractivity contribution is -0.146. The molecular weight excluding hydrogens is 636 g/mol. The Morgan fingerprint density at radius 2 is 1.44 bits per heavy atom. The van der Waals surface area contributed by atoms with Crippen molar-refractivity contribution >= 4 is 34.6 Å². The van der Waals surface area contributed by atoms with Gasteiger partial charge < -0.3 is 30.5 Å². The Hall–Kier alpha value is -5.29. The van der Waals surface area contributed by atoms with Crippen molar-refractivity contribution in [1.29, 1.82) is 0 Å². The number of ether oxygens (including phenoxy) is 2. The van der Waals surface area contributed by atoms with E-state index in [2.05, 4.69) is 20.9 Å². The third kappa shape index (κ3) is 11.7. The molecule has 0 aliphatic carbocycles. The van der Waals surface area contributed by atoms with Crippen molar-refractivity contribution < 1.29 is 33.8 Å². The Balaban J connectivity index is 1.59. The number of esters is 1. The molecule has 264 valence electrons. The van der Waals surface area contributed by atoms with Gasteiger partial charge in [-0.25, -0.2) is 4.79 Å². The highest BCUT2D eigenvalue weighted by Gasteiger charge is 2.32. The fourth-order valence-corrected chi connectivity index (χ4v) is 5.65. The fourth-order valence-electron chi connectivity index (χ4n) is 5.65. The van der Waals surface area contributed by atoms with Crippen LogP contribution in [-0.4, -0.2) is 64.8 Å². The zero-order chi connectivity index (χ0) is 35.9. The number of aromatic nitrogens is 1. The maximum Gasteiger partial charge on any atom is 0.408 e. The van der Waals surface area contributed by atoms with Gasteiger partial charge in [0.15, 0.2) is 0 Å². The molecule has 11 nitrogen and oxygen atoms in total. The number of hydrogen-bond donors (Lipinski definition) is 4. The monoisotopic (exact) mass is 682 g/mol. The number of nitrogens with zero attached hydrogens (tertiary/aromatic N) is 1. The SMILES string of the molecule is CCOC(=O)CC(O)C(CC(C)C)NC(=O)[C@H](Cc1ccccn1)NC(=O)[C@H](Cc1cccc2ccccc12)NC(=O)OCc1ccccc1. The van der Waals surface area contributed by atoms with Crippen molar-refractivity contribution in [3.8, 4) is 0 Å². The highest BCUT2D eigenvalue weighted by molar-refractivity contribution is 5.93. The van der Waals surface area contributed by atoms with E-state index in [9.17, 15) is 24.3 Å². The molecule has 1 heterocycles. The smallest absolute Gasteiger partial charge is 0.408 e. The lowest BCUT2D eigenvalue weighted by Gasteiger charge is -2.28. The van der Waals surface area contributed by atoms with E-state index in [1.54, 1.807) is 31.3 Å². The predicted molar refractivity (Wildman–Crippen MR) is 190 cm³/mol. The molecule has 2 unspecified atom stereocenters. The van der Waals surface area contributed by atoms with Gasteiger partial charge in [-0.15, -0.1) is 0 Å². The third-order valence-corrected chi connectivity index (χ3v) is 8.10. The van der Waals surface area contributed by atoms with Gasteiger partial charge >= 0.3 is 12.1 Å². The number of fused-ring (bicyclic) bond motifs is 1. The normalized spacial score (nSPS) is 13.5. The van der Waals surface area contributed by atoms with E-state index in [4.69, 9.17) is 9.47 Å². The van der Waals surface area contributed by atoms with Crippen molar-refractivity contribution in [3.63, 3.8) is 0 Å². The topological polar surface area (TPSA) is 156 Å². The average Bonchev–Trinajstić information content (AvgIpc) is 3.10. The molecule has 3 amide bonds. The van der Waals surface area contributed by atoms with Crippen LogP contribution in [0.5, 0.6) is 0 Å². The van der Waals surface area contributed by atoms with E-state index < -0.39 is 48.1 Å². The van der Waals surface area contributed by atoms with Gasteiger partial charge in [-0.05, 0) is 53.3 Å². The second kappa shape index (κ2) is 19.0. The first kappa shape index (κ1) is 37.5. The molecule has 0 fully saturated rings. The van der Waals surface area contributed by atoms with E-state index >= 15 is 0 Å². The molecule has 0 aliphatic heterocycles. The molecule has 0 saturated carbocycles. The van der Waals surface area contributed by atoms with Crippen LogP contribution in [-0.2, 0) is 43.3 Å². The maximum atomic E-state index is 14.1.